The molecular weight excluding hydrogens is 233 g/mol. The second kappa shape index (κ2) is 6.33. The molecule has 0 saturated heterocycles. The Morgan fingerprint density at radius 1 is 1.27 bits per heavy atom. The largest absolute Gasteiger partial charge is 0.383 e. The molecule has 0 fully saturated rings. The van der Waals surface area contributed by atoms with E-state index in [1.54, 1.807) is 13.2 Å². The minimum atomic E-state index is 0.313. The van der Waals surface area contributed by atoms with Crippen LogP contribution in [0.25, 0.3) is 0 Å². The highest BCUT2D eigenvalue weighted by Crippen LogP contribution is 2.18. The Bertz CT molecular complexity index is 297. The molecule has 1 aromatic carbocycles. The van der Waals surface area contributed by atoms with Crippen molar-refractivity contribution in [2.24, 2.45) is 0 Å². The third-order valence-electron chi connectivity index (χ3n) is 1.99. The van der Waals surface area contributed by atoms with Gasteiger partial charge in [0.05, 0.1) is 6.61 Å². The van der Waals surface area contributed by atoms with Gasteiger partial charge in [-0.1, -0.05) is 23.2 Å². The molecule has 0 radical (unpaired) electrons. The van der Waals surface area contributed by atoms with E-state index in [0.717, 1.165) is 12.1 Å². The average Bonchev–Trinajstić information content (AvgIpc) is 2.14. The molecule has 0 bridgehead atoms. The highest BCUT2D eigenvalue weighted by atomic mass is 35.5. The summed E-state index contributed by atoms with van der Waals surface area (Å²) >= 11 is 11.8. The molecule has 0 spiro atoms. The molecule has 1 N–H and O–H groups in total. The van der Waals surface area contributed by atoms with Gasteiger partial charge in [0, 0.05) is 29.7 Å². The summed E-state index contributed by atoms with van der Waals surface area (Å²) in [7, 11) is 1.69. The summed E-state index contributed by atoms with van der Waals surface area (Å²) in [4.78, 5) is 0. The lowest BCUT2D eigenvalue weighted by molar-refractivity contribution is 0.171. The van der Waals surface area contributed by atoms with E-state index in [2.05, 4.69) is 12.2 Å². The molecule has 15 heavy (non-hydrogen) atoms. The first-order valence-electron chi connectivity index (χ1n) is 4.79. The molecule has 0 amide bonds. The average molecular weight is 248 g/mol. The van der Waals surface area contributed by atoms with Crippen molar-refractivity contribution in [3.63, 3.8) is 0 Å². The van der Waals surface area contributed by atoms with Crippen LogP contribution in [0, 0.1) is 0 Å². The minimum Gasteiger partial charge on any atom is -0.383 e. The predicted molar refractivity (Wildman–Crippen MR) is 64.6 cm³/mol. The van der Waals surface area contributed by atoms with Gasteiger partial charge in [-0.15, -0.1) is 0 Å². The number of halogens is 2. The molecule has 4 heteroatoms. The van der Waals surface area contributed by atoms with Gasteiger partial charge in [-0.2, -0.15) is 0 Å². The smallest absolute Gasteiger partial charge is 0.0613 e. The topological polar surface area (TPSA) is 21.3 Å². The van der Waals surface area contributed by atoms with Crippen molar-refractivity contribution < 1.29 is 4.74 Å². The number of hydrogen-bond donors (Lipinski definition) is 1. The van der Waals surface area contributed by atoms with Crippen LogP contribution in [-0.4, -0.2) is 19.8 Å². The summed E-state index contributed by atoms with van der Waals surface area (Å²) in [5.74, 6) is 0. The Morgan fingerprint density at radius 3 is 2.40 bits per heavy atom. The van der Waals surface area contributed by atoms with Gasteiger partial charge in [0.25, 0.3) is 0 Å². The van der Waals surface area contributed by atoms with Crippen molar-refractivity contribution >= 4 is 23.2 Å². The Balaban J connectivity index is 2.50. The van der Waals surface area contributed by atoms with Crippen molar-refractivity contribution in [1.82, 2.24) is 5.32 Å². The van der Waals surface area contributed by atoms with Gasteiger partial charge in [-0.3, -0.25) is 0 Å². The Kier molecular flexibility index (Phi) is 5.40. The van der Waals surface area contributed by atoms with Gasteiger partial charge in [-0.25, -0.2) is 0 Å². The lowest BCUT2D eigenvalue weighted by atomic mass is 10.2. The number of methoxy groups -OCH3 is 1. The second-order valence-electron chi connectivity index (χ2n) is 3.51. The fourth-order valence-corrected chi connectivity index (χ4v) is 1.89. The number of benzene rings is 1. The van der Waals surface area contributed by atoms with Gasteiger partial charge in [-0.05, 0) is 30.7 Å². The second-order valence-corrected chi connectivity index (χ2v) is 4.39. The highest BCUT2D eigenvalue weighted by Gasteiger charge is 2.02. The molecule has 1 aromatic rings. The van der Waals surface area contributed by atoms with Crippen LogP contribution in [0.4, 0.5) is 0 Å². The lowest BCUT2D eigenvalue weighted by Crippen LogP contribution is -2.29. The van der Waals surface area contributed by atoms with Crippen molar-refractivity contribution in [2.45, 2.75) is 19.5 Å². The third-order valence-corrected chi connectivity index (χ3v) is 2.43. The van der Waals surface area contributed by atoms with E-state index < -0.39 is 0 Å². The lowest BCUT2D eigenvalue weighted by Gasteiger charge is -2.12. The molecule has 2 nitrogen and oxygen atoms in total. The van der Waals surface area contributed by atoms with E-state index in [1.807, 2.05) is 12.1 Å². The molecule has 0 aliphatic heterocycles. The van der Waals surface area contributed by atoms with E-state index in [4.69, 9.17) is 27.9 Å². The van der Waals surface area contributed by atoms with Crippen molar-refractivity contribution in [3.8, 4) is 0 Å². The van der Waals surface area contributed by atoms with Crippen molar-refractivity contribution in [2.75, 3.05) is 13.7 Å². The van der Waals surface area contributed by atoms with Crippen LogP contribution in [0.3, 0.4) is 0 Å². The zero-order chi connectivity index (χ0) is 11.3. The summed E-state index contributed by atoms with van der Waals surface area (Å²) < 4.78 is 5.02. The van der Waals surface area contributed by atoms with Gasteiger partial charge >= 0.3 is 0 Å². The maximum absolute atomic E-state index is 5.89. The monoisotopic (exact) mass is 247 g/mol. The van der Waals surface area contributed by atoms with E-state index >= 15 is 0 Å². The normalized spacial score (nSPS) is 12.8. The fourth-order valence-electron chi connectivity index (χ4n) is 1.31. The summed E-state index contributed by atoms with van der Waals surface area (Å²) in [6.45, 7) is 3.49. The molecule has 0 aromatic heterocycles. The van der Waals surface area contributed by atoms with Crippen LogP contribution >= 0.6 is 23.2 Å². The SMILES string of the molecule is COC[C@H](C)NCc1cc(Cl)cc(Cl)c1. The first-order valence-corrected chi connectivity index (χ1v) is 5.54. The van der Waals surface area contributed by atoms with Gasteiger partial charge in [0.15, 0.2) is 0 Å². The first kappa shape index (κ1) is 12.8. The zero-order valence-electron chi connectivity index (χ0n) is 8.89. The minimum absolute atomic E-state index is 0.313. The Labute approximate surface area is 101 Å². The fraction of sp³-hybridized carbons (Fsp3) is 0.455. The van der Waals surface area contributed by atoms with Crippen LogP contribution in [0.2, 0.25) is 10.0 Å². The summed E-state index contributed by atoms with van der Waals surface area (Å²) in [6, 6.07) is 5.85. The number of rotatable bonds is 5. The molecule has 0 aliphatic rings. The van der Waals surface area contributed by atoms with Crippen LogP contribution in [0.1, 0.15) is 12.5 Å². The summed E-state index contributed by atoms with van der Waals surface area (Å²) in [5.41, 5.74) is 1.08. The van der Waals surface area contributed by atoms with Gasteiger partial charge in [0.1, 0.15) is 0 Å². The summed E-state index contributed by atoms with van der Waals surface area (Å²) in [5, 5.41) is 4.64. The first-order chi connectivity index (χ1) is 7.11. The molecule has 0 unspecified atom stereocenters. The maximum atomic E-state index is 5.89. The van der Waals surface area contributed by atoms with E-state index in [1.165, 1.54) is 0 Å². The molecular formula is C11H15Cl2NO. The molecule has 0 heterocycles. The summed E-state index contributed by atoms with van der Waals surface area (Å²) in [6.07, 6.45) is 0. The van der Waals surface area contributed by atoms with Crippen LogP contribution in [0.15, 0.2) is 18.2 Å². The van der Waals surface area contributed by atoms with E-state index in [9.17, 15) is 0 Å². The standard InChI is InChI=1S/C11H15Cl2NO/c1-8(7-15-2)14-6-9-3-10(12)5-11(13)4-9/h3-5,8,14H,6-7H2,1-2H3/t8-/m0/s1. The van der Waals surface area contributed by atoms with E-state index in [0.29, 0.717) is 22.7 Å². The molecule has 84 valence electrons. The highest BCUT2D eigenvalue weighted by molar-refractivity contribution is 6.34. The van der Waals surface area contributed by atoms with Crippen LogP contribution < -0.4 is 5.32 Å². The molecule has 1 atom stereocenters. The van der Waals surface area contributed by atoms with Crippen molar-refractivity contribution in [1.29, 1.82) is 0 Å². The van der Waals surface area contributed by atoms with E-state index in [-0.39, 0.29) is 0 Å². The molecule has 0 aliphatic carbocycles. The molecule has 1 rings (SSSR count). The zero-order valence-corrected chi connectivity index (χ0v) is 10.4. The number of hydrogen-bond acceptors (Lipinski definition) is 2. The van der Waals surface area contributed by atoms with Crippen LogP contribution in [0.5, 0.6) is 0 Å². The van der Waals surface area contributed by atoms with Gasteiger partial charge in [0.2, 0.25) is 0 Å². The van der Waals surface area contributed by atoms with Crippen molar-refractivity contribution in [3.05, 3.63) is 33.8 Å². The van der Waals surface area contributed by atoms with Gasteiger partial charge < -0.3 is 10.1 Å². The molecule has 0 saturated carbocycles. The maximum Gasteiger partial charge on any atom is 0.0613 e. The Hall–Kier alpha value is -0.280. The number of nitrogens with one attached hydrogen (secondary N) is 1. The quantitative estimate of drug-likeness (QED) is 0.864. The predicted octanol–water partition coefficient (Wildman–Crippen LogP) is 3.12. The Morgan fingerprint density at radius 2 is 1.87 bits per heavy atom. The van der Waals surface area contributed by atoms with Crippen LogP contribution in [-0.2, 0) is 11.3 Å². The third kappa shape index (κ3) is 4.85. The number of ether oxygens (including phenoxy) is 1.